The van der Waals surface area contributed by atoms with Crippen LogP contribution in [0.25, 0.3) is 10.8 Å². The number of rotatable bonds is 5. The van der Waals surface area contributed by atoms with E-state index in [9.17, 15) is 18.0 Å². The summed E-state index contributed by atoms with van der Waals surface area (Å²) < 4.78 is 39.3. The lowest BCUT2D eigenvalue weighted by Crippen LogP contribution is -2.19. The fourth-order valence-corrected chi connectivity index (χ4v) is 4.70. The summed E-state index contributed by atoms with van der Waals surface area (Å²) in [6.07, 6.45) is 0.715. The third-order valence-electron chi connectivity index (χ3n) is 5.34. The number of ether oxygens (including phenoxy) is 2. The van der Waals surface area contributed by atoms with E-state index in [4.69, 9.17) is 9.47 Å². The topological polar surface area (TPSA) is 139 Å². The van der Waals surface area contributed by atoms with Gasteiger partial charge in [-0.1, -0.05) is 18.2 Å². The maximum Gasteiger partial charge on any atom is 0.276 e. The first-order valence-corrected chi connectivity index (χ1v) is 12.2. The third-order valence-corrected chi connectivity index (χ3v) is 6.71. The first kappa shape index (κ1) is 22.4. The summed E-state index contributed by atoms with van der Waals surface area (Å²) >= 11 is 0. The number of hydrogen-bond acceptors (Lipinski definition) is 7. The number of aromatic nitrogens is 2. The van der Waals surface area contributed by atoms with E-state index in [2.05, 4.69) is 20.2 Å². The molecule has 0 fully saturated rings. The number of nitrogens with one attached hydrogen (secondary N) is 3. The van der Waals surface area contributed by atoms with Crippen molar-refractivity contribution in [2.45, 2.75) is 11.3 Å². The molecule has 35 heavy (non-hydrogen) atoms. The average molecular weight is 493 g/mol. The molecule has 1 amide bonds. The van der Waals surface area contributed by atoms with Crippen molar-refractivity contribution in [2.24, 2.45) is 0 Å². The van der Waals surface area contributed by atoms with E-state index in [0.717, 1.165) is 0 Å². The standard InChI is InChI=1S/C24H20N4O6S/c29-23-19-5-2-1-4-18(19)22(26-27-23)24(30)25-15-6-8-16(9-7-15)28-35(31,32)17-10-11-20-21(14-17)34-13-3-12-33-20/h1-2,4-11,14,28H,3,12-13H2,(H,25,30)(H,27,29). The molecule has 0 radical (unpaired) electrons. The number of carbonyl (C=O) groups is 1. The second-order valence-electron chi connectivity index (χ2n) is 7.74. The Morgan fingerprint density at radius 3 is 2.34 bits per heavy atom. The minimum absolute atomic E-state index is 0.0372. The van der Waals surface area contributed by atoms with Crippen LogP contribution in [0, 0.1) is 0 Å². The lowest BCUT2D eigenvalue weighted by Gasteiger charge is -2.12. The fourth-order valence-electron chi connectivity index (χ4n) is 3.62. The Bertz CT molecular complexity index is 1580. The third kappa shape index (κ3) is 4.66. The number of nitrogens with zero attached hydrogens (tertiary/aromatic N) is 1. The average Bonchev–Trinajstić information content (AvgIpc) is 3.10. The summed E-state index contributed by atoms with van der Waals surface area (Å²) in [7, 11) is -3.88. The van der Waals surface area contributed by atoms with Gasteiger partial charge in [0.1, 0.15) is 0 Å². The van der Waals surface area contributed by atoms with Crippen molar-refractivity contribution in [3.8, 4) is 11.5 Å². The summed E-state index contributed by atoms with van der Waals surface area (Å²) in [6, 6.07) is 17.3. The molecule has 11 heteroatoms. The van der Waals surface area contributed by atoms with Crippen molar-refractivity contribution in [3.05, 3.63) is 82.8 Å². The molecule has 0 saturated carbocycles. The van der Waals surface area contributed by atoms with Crippen LogP contribution in [0.3, 0.4) is 0 Å². The van der Waals surface area contributed by atoms with Crippen LogP contribution in [-0.4, -0.2) is 37.7 Å². The van der Waals surface area contributed by atoms with Crippen LogP contribution in [0.5, 0.6) is 11.5 Å². The van der Waals surface area contributed by atoms with Gasteiger partial charge in [-0.3, -0.25) is 14.3 Å². The number of fused-ring (bicyclic) bond motifs is 2. The highest BCUT2D eigenvalue weighted by molar-refractivity contribution is 7.92. The maximum atomic E-state index is 12.9. The molecule has 1 aliphatic heterocycles. The van der Waals surface area contributed by atoms with Crippen LogP contribution in [0.2, 0.25) is 0 Å². The monoisotopic (exact) mass is 492 g/mol. The van der Waals surface area contributed by atoms with E-state index in [-0.39, 0.29) is 16.1 Å². The molecule has 0 atom stereocenters. The Morgan fingerprint density at radius 2 is 1.57 bits per heavy atom. The Hall–Kier alpha value is -4.38. The number of carbonyl (C=O) groups excluding carboxylic acids is 1. The van der Waals surface area contributed by atoms with Gasteiger partial charge in [-0.15, -0.1) is 0 Å². The first-order chi connectivity index (χ1) is 16.9. The molecule has 0 spiro atoms. The number of H-pyrrole nitrogens is 1. The lowest BCUT2D eigenvalue weighted by molar-refractivity contribution is 0.102. The van der Waals surface area contributed by atoms with Crippen LogP contribution >= 0.6 is 0 Å². The molecule has 3 aromatic carbocycles. The first-order valence-electron chi connectivity index (χ1n) is 10.7. The summed E-state index contributed by atoms with van der Waals surface area (Å²) in [4.78, 5) is 24.7. The molecule has 0 aliphatic carbocycles. The highest BCUT2D eigenvalue weighted by Crippen LogP contribution is 2.32. The fraction of sp³-hybridized carbons (Fsp3) is 0.125. The number of aromatic amines is 1. The quantitative estimate of drug-likeness (QED) is 0.389. The van der Waals surface area contributed by atoms with Gasteiger partial charge in [0, 0.05) is 29.2 Å². The minimum Gasteiger partial charge on any atom is -0.490 e. The van der Waals surface area contributed by atoms with E-state index in [1.54, 1.807) is 42.5 Å². The lowest BCUT2D eigenvalue weighted by atomic mass is 10.1. The molecule has 178 valence electrons. The predicted octanol–water partition coefficient (Wildman–Crippen LogP) is 3.14. The SMILES string of the molecule is O=C(Nc1ccc(NS(=O)(=O)c2ccc3c(c2)OCCCO3)cc1)c1n[nH]c(=O)c2ccccc12. The maximum absolute atomic E-state index is 12.9. The molecule has 0 saturated heterocycles. The van der Waals surface area contributed by atoms with Gasteiger partial charge in [-0.2, -0.15) is 5.10 Å². The van der Waals surface area contributed by atoms with Gasteiger partial charge in [0.05, 0.1) is 23.5 Å². The van der Waals surface area contributed by atoms with Crippen molar-refractivity contribution in [1.29, 1.82) is 0 Å². The highest BCUT2D eigenvalue weighted by atomic mass is 32.2. The van der Waals surface area contributed by atoms with Crippen LogP contribution in [0.15, 0.2) is 76.4 Å². The zero-order valence-electron chi connectivity index (χ0n) is 18.3. The predicted molar refractivity (Wildman–Crippen MR) is 130 cm³/mol. The number of hydrogen-bond donors (Lipinski definition) is 3. The van der Waals surface area contributed by atoms with Crippen LogP contribution < -0.4 is 25.1 Å². The molecule has 0 unspecified atom stereocenters. The molecule has 1 aromatic heterocycles. The zero-order chi connectivity index (χ0) is 24.4. The minimum atomic E-state index is -3.88. The van der Waals surface area contributed by atoms with E-state index in [1.807, 2.05) is 0 Å². The largest absolute Gasteiger partial charge is 0.490 e. The zero-order valence-corrected chi connectivity index (χ0v) is 19.1. The molecule has 2 heterocycles. The second kappa shape index (κ2) is 9.11. The molecule has 4 aromatic rings. The van der Waals surface area contributed by atoms with Crippen molar-refractivity contribution in [1.82, 2.24) is 10.2 Å². The highest BCUT2D eigenvalue weighted by Gasteiger charge is 2.19. The van der Waals surface area contributed by atoms with Gasteiger partial charge in [0.15, 0.2) is 17.2 Å². The normalized spacial score (nSPS) is 13.1. The van der Waals surface area contributed by atoms with Crippen molar-refractivity contribution < 1.29 is 22.7 Å². The van der Waals surface area contributed by atoms with E-state index in [1.165, 1.54) is 24.3 Å². The molecule has 3 N–H and O–H groups in total. The van der Waals surface area contributed by atoms with Gasteiger partial charge in [0.2, 0.25) is 0 Å². The molecular weight excluding hydrogens is 472 g/mol. The Balaban J connectivity index is 1.31. The molecule has 5 rings (SSSR count). The van der Waals surface area contributed by atoms with Crippen LogP contribution in [-0.2, 0) is 10.0 Å². The molecule has 10 nitrogen and oxygen atoms in total. The van der Waals surface area contributed by atoms with Crippen molar-refractivity contribution in [2.75, 3.05) is 23.3 Å². The van der Waals surface area contributed by atoms with Crippen molar-refractivity contribution in [3.63, 3.8) is 0 Å². The second-order valence-corrected chi connectivity index (χ2v) is 9.43. The van der Waals surface area contributed by atoms with Gasteiger partial charge >= 0.3 is 0 Å². The summed E-state index contributed by atoms with van der Waals surface area (Å²) in [6.45, 7) is 0.955. The van der Waals surface area contributed by atoms with Crippen molar-refractivity contribution >= 4 is 38.1 Å². The number of benzene rings is 3. The molecule has 0 bridgehead atoms. The molecule has 1 aliphatic rings. The van der Waals surface area contributed by atoms with Crippen LogP contribution in [0.4, 0.5) is 11.4 Å². The van der Waals surface area contributed by atoms with E-state index in [0.29, 0.717) is 53.3 Å². The smallest absolute Gasteiger partial charge is 0.276 e. The van der Waals surface area contributed by atoms with Gasteiger partial charge < -0.3 is 14.8 Å². The number of sulfonamides is 1. The Kier molecular flexibility index (Phi) is 5.83. The Morgan fingerprint density at radius 1 is 0.886 bits per heavy atom. The van der Waals surface area contributed by atoms with Gasteiger partial charge in [-0.25, -0.2) is 13.5 Å². The summed E-state index contributed by atoms with van der Waals surface area (Å²) in [5, 5.41) is 9.68. The van der Waals surface area contributed by atoms with Gasteiger partial charge in [-0.05, 0) is 42.5 Å². The van der Waals surface area contributed by atoms with Crippen LogP contribution in [0.1, 0.15) is 16.9 Å². The van der Waals surface area contributed by atoms with E-state index < -0.39 is 15.9 Å². The Labute approximate surface area is 199 Å². The summed E-state index contributed by atoms with van der Waals surface area (Å²) in [5.41, 5.74) is 0.412. The summed E-state index contributed by atoms with van der Waals surface area (Å²) in [5.74, 6) is 0.371. The van der Waals surface area contributed by atoms with E-state index >= 15 is 0 Å². The molecular formula is C24H20N4O6S. The number of anilines is 2. The van der Waals surface area contributed by atoms with Gasteiger partial charge in [0.25, 0.3) is 21.5 Å². The number of amides is 1.